The molecule has 0 saturated heterocycles. The van der Waals surface area contributed by atoms with Crippen molar-refractivity contribution in [1.82, 2.24) is 4.90 Å². The smallest absolute Gasteiger partial charge is 0.0236 e. The van der Waals surface area contributed by atoms with E-state index in [4.69, 9.17) is 0 Å². The van der Waals surface area contributed by atoms with E-state index < -0.39 is 0 Å². The Morgan fingerprint density at radius 3 is 2.43 bits per heavy atom. The molecule has 1 aromatic carbocycles. The van der Waals surface area contributed by atoms with Crippen LogP contribution in [-0.4, -0.2) is 18.0 Å². The zero-order chi connectivity index (χ0) is 10.7. The molecule has 0 spiro atoms. The van der Waals surface area contributed by atoms with E-state index in [2.05, 4.69) is 57.8 Å². The maximum absolute atomic E-state index is 2.36. The summed E-state index contributed by atoms with van der Waals surface area (Å²) in [6.07, 6.45) is 0. The third-order valence-electron chi connectivity index (χ3n) is 2.81. The summed E-state index contributed by atoms with van der Waals surface area (Å²) >= 11 is 0. The fourth-order valence-electron chi connectivity index (χ4n) is 1.42. The Morgan fingerprint density at radius 2 is 1.86 bits per heavy atom. The van der Waals surface area contributed by atoms with Crippen LogP contribution in [0.5, 0.6) is 0 Å². The Bertz CT molecular complexity index is 302. The van der Waals surface area contributed by atoms with Gasteiger partial charge in [-0.25, -0.2) is 0 Å². The third-order valence-corrected chi connectivity index (χ3v) is 2.81. The molecule has 0 aliphatic carbocycles. The summed E-state index contributed by atoms with van der Waals surface area (Å²) < 4.78 is 0. The maximum Gasteiger partial charge on any atom is 0.0236 e. The number of rotatable bonds is 3. The molecule has 0 aromatic heterocycles. The molecule has 1 heteroatoms. The van der Waals surface area contributed by atoms with Crippen LogP contribution in [0.25, 0.3) is 0 Å². The Morgan fingerprint density at radius 1 is 1.21 bits per heavy atom. The number of benzene rings is 1. The predicted molar refractivity (Wildman–Crippen MR) is 62.5 cm³/mol. The zero-order valence-corrected chi connectivity index (χ0v) is 9.96. The molecule has 1 aromatic rings. The van der Waals surface area contributed by atoms with Crippen molar-refractivity contribution in [3.05, 3.63) is 34.9 Å². The van der Waals surface area contributed by atoms with Crippen molar-refractivity contribution in [3.8, 4) is 0 Å². The summed E-state index contributed by atoms with van der Waals surface area (Å²) in [4.78, 5) is 2.36. The number of nitrogens with zero attached hydrogens (tertiary/aromatic N) is 1. The van der Waals surface area contributed by atoms with Crippen LogP contribution < -0.4 is 0 Å². The van der Waals surface area contributed by atoms with Crippen LogP contribution in [0.1, 0.15) is 30.5 Å². The minimum atomic E-state index is 0.606. The highest BCUT2D eigenvalue weighted by Crippen LogP contribution is 2.13. The molecule has 0 N–H and O–H groups in total. The van der Waals surface area contributed by atoms with Gasteiger partial charge in [0.25, 0.3) is 0 Å². The number of aryl methyl sites for hydroxylation is 2. The molecular weight excluding hydrogens is 170 g/mol. The van der Waals surface area contributed by atoms with Crippen LogP contribution in [0.3, 0.4) is 0 Å². The monoisotopic (exact) mass is 191 g/mol. The van der Waals surface area contributed by atoms with E-state index in [9.17, 15) is 0 Å². The van der Waals surface area contributed by atoms with Gasteiger partial charge in [-0.1, -0.05) is 23.8 Å². The predicted octanol–water partition coefficient (Wildman–Crippen LogP) is 3.14. The lowest BCUT2D eigenvalue weighted by Gasteiger charge is -2.22. The van der Waals surface area contributed by atoms with E-state index in [0.717, 1.165) is 6.54 Å². The van der Waals surface area contributed by atoms with Gasteiger partial charge in [0.15, 0.2) is 0 Å². The Hall–Kier alpha value is -0.820. The van der Waals surface area contributed by atoms with Crippen molar-refractivity contribution in [3.63, 3.8) is 0 Å². The number of hydrogen-bond acceptors (Lipinski definition) is 1. The van der Waals surface area contributed by atoms with Crippen molar-refractivity contribution in [2.45, 2.75) is 40.3 Å². The second-order valence-corrected chi connectivity index (χ2v) is 4.44. The maximum atomic E-state index is 2.36. The van der Waals surface area contributed by atoms with Crippen LogP contribution in [0, 0.1) is 13.8 Å². The van der Waals surface area contributed by atoms with Crippen LogP contribution in [0.2, 0.25) is 0 Å². The third kappa shape index (κ3) is 2.85. The van der Waals surface area contributed by atoms with Gasteiger partial charge in [-0.05, 0) is 45.9 Å². The lowest BCUT2D eigenvalue weighted by atomic mass is 10.1. The highest BCUT2D eigenvalue weighted by molar-refractivity contribution is 5.30. The van der Waals surface area contributed by atoms with Crippen LogP contribution in [-0.2, 0) is 6.54 Å². The molecule has 0 aliphatic heterocycles. The normalized spacial score (nSPS) is 11.4. The van der Waals surface area contributed by atoms with E-state index >= 15 is 0 Å². The van der Waals surface area contributed by atoms with E-state index in [-0.39, 0.29) is 0 Å². The van der Waals surface area contributed by atoms with Gasteiger partial charge in [-0.3, -0.25) is 4.90 Å². The van der Waals surface area contributed by atoms with Gasteiger partial charge >= 0.3 is 0 Å². The Labute approximate surface area is 87.7 Å². The van der Waals surface area contributed by atoms with Crippen molar-refractivity contribution in [2.24, 2.45) is 0 Å². The second kappa shape index (κ2) is 4.61. The largest absolute Gasteiger partial charge is 0.300 e. The molecule has 0 saturated carbocycles. The Balaban J connectivity index is 2.80. The second-order valence-electron chi connectivity index (χ2n) is 4.44. The first kappa shape index (κ1) is 11.3. The molecule has 14 heavy (non-hydrogen) atoms. The molecule has 0 radical (unpaired) electrons. The molecular formula is C13H21N. The fraction of sp³-hybridized carbons (Fsp3) is 0.538. The first-order valence-electron chi connectivity index (χ1n) is 5.27. The fourth-order valence-corrected chi connectivity index (χ4v) is 1.42. The Kier molecular flexibility index (Phi) is 3.70. The van der Waals surface area contributed by atoms with Gasteiger partial charge in [0, 0.05) is 12.6 Å². The first-order valence-corrected chi connectivity index (χ1v) is 5.27. The molecule has 0 fully saturated rings. The minimum absolute atomic E-state index is 0.606. The summed E-state index contributed by atoms with van der Waals surface area (Å²) in [5.41, 5.74) is 4.19. The summed E-state index contributed by atoms with van der Waals surface area (Å²) in [6.45, 7) is 9.84. The van der Waals surface area contributed by atoms with Crippen molar-refractivity contribution >= 4 is 0 Å². The molecule has 1 nitrogen and oxygen atoms in total. The van der Waals surface area contributed by atoms with E-state index in [1.54, 1.807) is 0 Å². The van der Waals surface area contributed by atoms with Gasteiger partial charge < -0.3 is 0 Å². The van der Waals surface area contributed by atoms with Crippen molar-refractivity contribution < 1.29 is 0 Å². The van der Waals surface area contributed by atoms with E-state index in [1.165, 1.54) is 16.7 Å². The quantitative estimate of drug-likeness (QED) is 0.709. The average molecular weight is 191 g/mol. The molecule has 0 aliphatic rings. The van der Waals surface area contributed by atoms with Gasteiger partial charge in [0.2, 0.25) is 0 Å². The molecule has 0 amide bonds. The molecule has 0 bridgehead atoms. The van der Waals surface area contributed by atoms with Gasteiger partial charge in [0.05, 0.1) is 0 Å². The highest BCUT2D eigenvalue weighted by atomic mass is 15.1. The van der Waals surface area contributed by atoms with E-state index in [1.807, 2.05) is 0 Å². The molecule has 78 valence electrons. The zero-order valence-electron chi connectivity index (χ0n) is 9.96. The first-order chi connectivity index (χ1) is 6.50. The summed E-state index contributed by atoms with van der Waals surface area (Å²) in [5, 5.41) is 0. The van der Waals surface area contributed by atoms with Gasteiger partial charge in [0.1, 0.15) is 0 Å². The molecule has 0 unspecified atom stereocenters. The van der Waals surface area contributed by atoms with Crippen LogP contribution >= 0.6 is 0 Å². The molecule has 1 rings (SSSR count). The topological polar surface area (TPSA) is 3.24 Å². The summed E-state index contributed by atoms with van der Waals surface area (Å²) in [6, 6.07) is 7.27. The minimum Gasteiger partial charge on any atom is -0.300 e. The lowest BCUT2D eigenvalue weighted by Crippen LogP contribution is -2.25. The summed E-state index contributed by atoms with van der Waals surface area (Å²) in [5.74, 6) is 0. The highest BCUT2D eigenvalue weighted by Gasteiger charge is 2.06. The lowest BCUT2D eigenvalue weighted by molar-refractivity contribution is 0.265. The van der Waals surface area contributed by atoms with Gasteiger partial charge in [-0.15, -0.1) is 0 Å². The van der Waals surface area contributed by atoms with Crippen LogP contribution in [0.15, 0.2) is 18.2 Å². The van der Waals surface area contributed by atoms with Crippen LogP contribution in [0.4, 0.5) is 0 Å². The number of hydrogen-bond donors (Lipinski definition) is 0. The summed E-state index contributed by atoms with van der Waals surface area (Å²) in [7, 11) is 2.17. The van der Waals surface area contributed by atoms with Crippen molar-refractivity contribution in [1.29, 1.82) is 0 Å². The molecule has 0 atom stereocenters. The molecule has 0 heterocycles. The standard InChI is InChI=1S/C13H21N/c1-10(2)14(5)9-13-8-11(3)6-7-12(13)4/h6-8,10H,9H2,1-5H3. The van der Waals surface area contributed by atoms with Gasteiger partial charge in [-0.2, -0.15) is 0 Å². The average Bonchev–Trinajstić information content (AvgIpc) is 2.11. The SMILES string of the molecule is Cc1ccc(C)c(CN(C)C(C)C)c1. The van der Waals surface area contributed by atoms with Crippen molar-refractivity contribution in [2.75, 3.05) is 7.05 Å². The van der Waals surface area contributed by atoms with E-state index in [0.29, 0.717) is 6.04 Å².